The van der Waals surface area contributed by atoms with E-state index >= 15 is 0 Å². The summed E-state index contributed by atoms with van der Waals surface area (Å²) in [5.41, 5.74) is 5.71. The SMILES string of the molecule is CC1Cc2cccc(-c3ccc(C(C)C)cc3)c2C1=O. The van der Waals surface area contributed by atoms with E-state index in [1.807, 2.05) is 6.92 Å². The van der Waals surface area contributed by atoms with Crippen molar-refractivity contribution < 1.29 is 4.79 Å². The van der Waals surface area contributed by atoms with Crippen LogP contribution in [0.4, 0.5) is 0 Å². The van der Waals surface area contributed by atoms with E-state index in [9.17, 15) is 4.79 Å². The molecule has 20 heavy (non-hydrogen) atoms. The molecule has 0 heterocycles. The Morgan fingerprint density at radius 3 is 2.40 bits per heavy atom. The van der Waals surface area contributed by atoms with E-state index in [1.165, 1.54) is 11.1 Å². The van der Waals surface area contributed by atoms with Gasteiger partial charge >= 0.3 is 0 Å². The van der Waals surface area contributed by atoms with E-state index in [0.717, 1.165) is 23.1 Å². The maximum absolute atomic E-state index is 12.4. The molecular weight excluding hydrogens is 244 g/mol. The van der Waals surface area contributed by atoms with Gasteiger partial charge in [-0.25, -0.2) is 0 Å². The summed E-state index contributed by atoms with van der Waals surface area (Å²) in [6, 6.07) is 14.8. The Labute approximate surface area is 120 Å². The summed E-state index contributed by atoms with van der Waals surface area (Å²) in [7, 11) is 0. The number of Topliss-reactive ketones (excluding diaryl/α,β-unsaturated/α-hetero) is 1. The van der Waals surface area contributed by atoms with Gasteiger partial charge in [-0.2, -0.15) is 0 Å². The Hall–Kier alpha value is -1.89. The largest absolute Gasteiger partial charge is 0.294 e. The predicted molar refractivity (Wildman–Crippen MR) is 83.2 cm³/mol. The fraction of sp³-hybridized carbons (Fsp3) is 0.316. The lowest BCUT2D eigenvalue weighted by molar-refractivity contribution is 0.0947. The van der Waals surface area contributed by atoms with Crippen LogP contribution in [0.3, 0.4) is 0 Å². The minimum absolute atomic E-state index is 0.126. The first kappa shape index (κ1) is 13.1. The summed E-state index contributed by atoms with van der Waals surface area (Å²) < 4.78 is 0. The second-order valence-electron chi connectivity index (χ2n) is 6.09. The molecule has 1 aliphatic rings. The molecular formula is C19H20O. The van der Waals surface area contributed by atoms with Crippen LogP contribution < -0.4 is 0 Å². The lowest BCUT2D eigenvalue weighted by Gasteiger charge is -2.10. The van der Waals surface area contributed by atoms with E-state index in [0.29, 0.717) is 11.7 Å². The Bertz CT molecular complexity index is 650. The third kappa shape index (κ3) is 2.07. The minimum atomic E-state index is 0.126. The zero-order valence-corrected chi connectivity index (χ0v) is 12.3. The number of hydrogen-bond acceptors (Lipinski definition) is 1. The van der Waals surface area contributed by atoms with Crippen LogP contribution in [0.2, 0.25) is 0 Å². The summed E-state index contributed by atoms with van der Waals surface area (Å²) in [4.78, 5) is 12.4. The number of hydrogen-bond donors (Lipinski definition) is 0. The number of carbonyl (C=O) groups excluding carboxylic acids is 1. The van der Waals surface area contributed by atoms with Crippen LogP contribution in [0.15, 0.2) is 42.5 Å². The Morgan fingerprint density at radius 2 is 1.75 bits per heavy atom. The second kappa shape index (κ2) is 4.90. The molecule has 0 saturated carbocycles. The fourth-order valence-corrected chi connectivity index (χ4v) is 3.02. The number of ketones is 1. The maximum atomic E-state index is 12.4. The molecule has 0 saturated heterocycles. The van der Waals surface area contributed by atoms with Crippen LogP contribution in [0, 0.1) is 5.92 Å². The molecule has 2 aromatic carbocycles. The molecule has 2 aromatic rings. The molecule has 1 heteroatoms. The molecule has 3 rings (SSSR count). The maximum Gasteiger partial charge on any atom is 0.166 e. The van der Waals surface area contributed by atoms with Crippen molar-refractivity contribution in [1.82, 2.24) is 0 Å². The molecule has 0 bridgehead atoms. The van der Waals surface area contributed by atoms with Crippen molar-refractivity contribution in [3.8, 4) is 11.1 Å². The number of benzene rings is 2. The van der Waals surface area contributed by atoms with Gasteiger partial charge < -0.3 is 0 Å². The summed E-state index contributed by atoms with van der Waals surface area (Å²) in [6.07, 6.45) is 0.881. The van der Waals surface area contributed by atoms with E-state index in [-0.39, 0.29) is 5.92 Å². The average Bonchev–Trinajstić information content (AvgIpc) is 2.74. The van der Waals surface area contributed by atoms with Gasteiger partial charge in [0.05, 0.1) is 0 Å². The highest BCUT2D eigenvalue weighted by molar-refractivity contribution is 6.07. The molecule has 0 aliphatic heterocycles. The molecule has 0 aromatic heterocycles. The highest BCUT2D eigenvalue weighted by Crippen LogP contribution is 2.35. The molecule has 0 spiro atoms. The van der Waals surface area contributed by atoms with Gasteiger partial charge in [0.1, 0.15) is 0 Å². The Morgan fingerprint density at radius 1 is 1.05 bits per heavy atom. The summed E-state index contributed by atoms with van der Waals surface area (Å²) >= 11 is 0. The minimum Gasteiger partial charge on any atom is -0.294 e. The van der Waals surface area contributed by atoms with Gasteiger partial charge in [-0.05, 0) is 34.6 Å². The lowest BCUT2D eigenvalue weighted by Crippen LogP contribution is -2.04. The highest BCUT2D eigenvalue weighted by atomic mass is 16.1. The van der Waals surface area contributed by atoms with Crippen molar-refractivity contribution in [1.29, 1.82) is 0 Å². The van der Waals surface area contributed by atoms with Crippen LogP contribution >= 0.6 is 0 Å². The molecule has 1 unspecified atom stereocenters. The average molecular weight is 264 g/mol. The van der Waals surface area contributed by atoms with Gasteiger partial charge in [0.25, 0.3) is 0 Å². The van der Waals surface area contributed by atoms with Gasteiger partial charge in [-0.15, -0.1) is 0 Å². The van der Waals surface area contributed by atoms with Crippen molar-refractivity contribution in [2.45, 2.75) is 33.1 Å². The molecule has 0 radical (unpaired) electrons. The Kier molecular flexibility index (Phi) is 3.21. The molecule has 0 N–H and O–H groups in total. The number of fused-ring (bicyclic) bond motifs is 1. The number of carbonyl (C=O) groups is 1. The summed E-state index contributed by atoms with van der Waals surface area (Å²) in [6.45, 7) is 6.41. The monoisotopic (exact) mass is 264 g/mol. The standard InChI is InChI=1S/C19H20O/c1-12(2)14-7-9-15(10-8-14)17-6-4-5-16-11-13(3)19(20)18(16)17/h4-10,12-13H,11H2,1-3H3. The van der Waals surface area contributed by atoms with Crippen LogP contribution in [0.25, 0.3) is 11.1 Å². The quantitative estimate of drug-likeness (QED) is 0.757. The number of rotatable bonds is 2. The van der Waals surface area contributed by atoms with Gasteiger partial charge in [0, 0.05) is 11.5 Å². The lowest BCUT2D eigenvalue weighted by atomic mass is 9.94. The topological polar surface area (TPSA) is 17.1 Å². The van der Waals surface area contributed by atoms with E-state index < -0.39 is 0 Å². The van der Waals surface area contributed by atoms with Gasteiger partial charge in [-0.1, -0.05) is 63.2 Å². The van der Waals surface area contributed by atoms with Crippen molar-refractivity contribution in [2.24, 2.45) is 5.92 Å². The zero-order chi connectivity index (χ0) is 14.3. The molecule has 0 fully saturated rings. The third-order valence-corrected chi connectivity index (χ3v) is 4.26. The van der Waals surface area contributed by atoms with Crippen molar-refractivity contribution in [2.75, 3.05) is 0 Å². The van der Waals surface area contributed by atoms with E-state index in [4.69, 9.17) is 0 Å². The van der Waals surface area contributed by atoms with Crippen LogP contribution in [-0.2, 0) is 6.42 Å². The third-order valence-electron chi connectivity index (χ3n) is 4.26. The van der Waals surface area contributed by atoms with Crippen molar-refractivity contribution >= 4 is 5.78 Å². The molecule has 1 nitrogen and oxygen atoms in total. The Balaban J connectivity index is 2.08. The van der Waals surface area contributed by atoms with Gasteiger partial charge in [0.15, 0.2) is 5.78 Å². The van der Waals surface area contributed by atoms with Crippen molar-refractivity contribution in [3.63, 3.8) is 0 Å². The van der Waals surface area contributed by atoms with Crippen LogP contribution in [-0.4, -0.2) is 5.78 Å². The molecule has 0 amide bonds. The summed E-state index contributed by atoms with van der Waals surface area (Å²) in [5.74, 6) is 0.955. The van der Waals surface area contributed by atoms with Crippen molar-refractivity contribution in [3.05, 3.63) is 59.2 Å². The highest BCUT2D eigenvalue weighted by Gasteiger charge is 2.29. The predicted octanol–water partition coefficient (Wildman–Crippen LogP) is 4.85. The molecule has 1 aliphatic carbocycles. The molecule has 102 valence electrons. The first-order chi connectivity index (χ1) is 9.58. The summed E-state index contributed by atoms with van der Waals surface area (Å²) in [5, 5.41) is 0. The molecule has 1 atom stereocenters. The van der Waals surface area contributed by atoms with Gasteiger partial charge in [-0.3, -0.25) is 4.79 Å². The normalized spacial score (nSPS) is 17.6. The smallest absolute Gasteiger partial charge is 0.166 e. The van der Waals surface area contributed by atoms with Crippen LogP contribution in [0.1, 0.15) is 48.2 Å². The van der Waals surface area contributed by atoms with Crippen LogP contribution in [0.5, 0.6) is 0 Å². The van der Waals surface area contributed by atoms with E-state index in [1.54, 1.807) is 0 Å². The fourth-order valence-electron chi connectivity index (χ4n) is 3.02. The second-order valence-corrected chi connectivity index (χ2v) is 6.09. The first-order valence-corrected chi connectivity index (χ1v) is 7.34. The van der Waals surface area contributed by atoms with Gasteiger partial charge in [0.2, 0.25) is 0 Å². The first-order valence-electron chi connectivity index (χ1n) is 7.34. The van der Waals surface area contributed by atoms with E-state index in [2.05, 4.69) is 56.3 Å². The zero-order valence-electron chi connectivity index (χ0n) is 12.3.